The van der Waals surface area contributed by atoms with Gasteiger partial charge in [-0.3, -0.25) is 9.59 Å². The molecule has 6 heteroatoms. The number of benzene rings is 1. The van der Waals surface area contributed by atoms with E-state index >= 15 is 0 Å². The number of nitrogens with zero attached hydrogens (tertiary/aromatic N) is 2. The maximum atomic E-state index is 12.7. The Morgan fingerprint density at radius 3 is 2.76 bits per heavy atom. The molecule has 1 N–H and O–H groups in total. The van der Waals surface area contributed by atoms with Crippen molar-refractivity contribution in [2.24, 2.45) is 0 Å². The lowest BCUT2D eigenvalue weighted by Crippen LogP contribution is -2.49. The number of hydrogen-bond donors (Lipinski definition) is 1. The van der Waals surface area contributed by atoms with Crippen molar-refractivity contribution in [2.45, 2.75) is 45.6 Å². The predicted molar refractivity (Wildman–Crippen MR) is 101 cm³/mol. The van der Waals surface area contributed by atoms with Gasteiger partial charge in [0.05, 0.1) is 10.6 Å². The highest BCUT2D eigenvalue weighted by molar-refractivity contribution is 7.19. The quantitative estimate of drug-likeness (QED) is 0.904. The zero-order chi connectivity index (χ0) is 17.8. The number of nitrogens with one attached hydrogen (secondary N) is 1. The number of rotatable bonds is 4. The molecule has 1 aromatic carbocycles. The molecule has 25 heavy (non-hydrogen) atoms. The van der Waals surface area contributed by atoms with Crippen LogP contribution in [0.5, 0.6) is 0 Å². The molecule has 132 valence electrons. The normalized spacial score (nSPS) is 17.4. The lowest BCUT2D eigenvalue weighted by molar-refractivity contribution is -0.140. The van der Waals surface area contributed by atoms with Crippen LogP contribution in [0, 0.1) is 6.92 Å². The van der Waals surface area contributed by atoms with Gasteiger partial charge in [-0.05, 0) is 31.7 Å². The maximum Gasteiger partial charge on any atom is 0.248 e. The molecule has 1 saturated heterocycles. The van der Waals surface area contributed by atoms with E-state index in [0.29, 0.717) is 24.5 Å². The summed E-state index contributed by atoms with van der Waals surface area (Å²) in [7, 11) is 0. The van der Waals surface area contributed by atoms with Crippen LogP contribution in [-0.2, 0) is 9.59 Å². The van der Waals surface area contributed by atoms with Crippen LogP contribution in [0.1, 0.15) is 38.3 Å². The number of aromatic nitrogens is 1. The van der Waals surface area contributed by atoms with Gasteiger partial charge >= 0.3 is 0 Å². The second kappa shape index (κ2) is 7.78. The SMILES string of the molecule is CCC(=O)N1CCCC[C@H]1C(=O)Nc1nc(C)c(-c2ccccc2)s1. The lowest BCUT2D eigenvalue weighted by Gasteiger charge is -2.34. The van der Waals surface area contributed by atoms with E-state index in [4.69, 9.17) is 0 Å². The first-order chi connectivity index (χ1) is 12.1. The number of carbonyl (C=O) groups excluding carboxylic acids is 2. The topological polar surface area (TPSA) is 62.3 Å². The molecular formula is C19H23N3O2S. The van der Waals surface area contributed by atoms with Gasteiger partial charge in [0.25, 0.3) is 0 Å². The molecule has 0 spiro atoms. The van der Waals surface area contributed by atoms with Gasteiger partial charge in [-0.15, -0.1) is 0 Å². The van der Waals surface area contributed by atoms with Crippen molar-refractivity contribution in [3.8, 4) is 10.4 Å². The third kappa shape index (κ3) is 3.90. The summed E-state index contributed by atoms with van der Waals surface area (Å²) in [5, 5.41) is 3.52. The fourth-order valence-electron chi connectivity index (χ4n) is 3.20. The molecule has 0 aliphatic carbocycles. The molecule has 1 aliphatic rings. The third-order valence-corrected chi connectivity index (χ3v) is 5.61. The Morgan fingerprint density at radius 1 is 1.28 bits per heavy atom. The highest BCUT2D eigenvalue weighted by Crippen LogP contribution is 2.33. The summed E-state index contributed by atoms with van der Waals surface area (Å²) in [5.74, 6) is -0.0880. The zero-order valence-corrected chi connectivity index (χ0v) is 15.4. The molecular weight excluding hydrogens is 334 g/mol. The van der Waals surface area contributed by atoms with Crippen LogP contribution in [0.25, 0.3) is 10.4 Å². The molecule has 0 bridgehead atoms. The molecule has 2 amide bonds. The van der Waals surface area contributed by atoms with Crippen molar-refractivity contribution in [3.63, 3.8) is 0 Å². The Labute approximate surface area is 152 Å². The summed E-state index contributed by atoms with van der Waals surface area (Å²) in [6.07, 6.45) is 3.08. The minimum Gasteiger partial charge on any atom is -0.331 e. The second-order valence-corrected chi connectivity index (χ2v) is 7.24. The summed E-state index contributed by atoms with van der Waals surface area (Å²) in [5.41, 5.74) is 2.00. The van der Waals surface area contributed by atoms with Gasteiger partial charge in [-0.2, -0.15) is 0 Å². The first-order valence-electron chi connectivity index (χ1n) is 8.73. The van der Waals surface area contributed by atoms with Crippen LogP contribution in [0.4, 0.5) is 5.13 Å². The molecule has 5 nitrogen and oxygen atoms in total. The van der Waals surface area contributed by atoms with Crippen molar-refractivity contribution < 1.29 is 9.59 Å². The van der Waals surface area contributed by atoms with Crippen molar-refractivity contribution in [1.82, 2.24) is 9.88 Å². The van der Waals surface area contributed by atoms with Crippen LogP contribution >= 0.6 is 11.3 Å². The number of hydrogen-bond acceptors (Lipinski definition) is 4. The van der Waals surface area contributed by atoms with Crippen LogP contribution in [0.3, 0.4) is 0 Å². The number of thiazole rings is 1. The summed E-state index contributed by atoms with van der Waals surface area (Å²) in [6, 6.07) is 9.64. The van der Waals surface area contributed by atoms with Gasteiger partial charge in [0, 0.05) is 13.0 Å². The van der Waals surface area contributed by atoms with Gasteiger partial charge in [0.1, 0.15) is 6.04 Å². The van der Waals surface area contributed by atoms with Gasteiger partial charge in [0.15, 0.2) is 5.13 Å². The maximum absolute atomic E-state index is 12.7. The number of piperidine rings is 1. The van der Waals surface area contributed by atoms with Crippen LogP contribution in [0.2, 0.25) is 0 Å². The van der Waals surface area contributed by atoms with Crippen molar-refractivity contribution >= 4 is 28.3 Å². The van der Waals surface area contributed by atoms with Gasteiger partial charge < -0.3 is 10.2 Å². The second-order valence-electron chi connectivity index (χ2n) is 6.24. The summed E-state index contributed by atoms with van der Waals surface area (Å²) < 4.78 is 0. The smallest absolute Gasteiger partial charge is 0.248 e. The summed E-state index contributed by atoms with van der Waals surface area (Å²) in [6.45, 7) is 4.45. The van der Waals surface area contributed by atoms with Gasteiger partial charge in [-0.25, -0.2) is 4.98 Å². The van der Waals surface area contributed by atoms with Crippen LogP contribution in [0.15, 0.2) is 30.3 Å². The Balaban J connectivity index is 1.75. The Kier molecular flexibility index (Phi) is 5.48. The first kappa shape index (κ1) is 17.6. The highest BCUT2D eigenvalue weighted by Gasteiger charge is 2.31. The fraction of sp³-hybridized carbons (Fsp3) is 0.421. The number of carbonyl (C=O) groups is 2. The van der Waals surface area contributed by atoms with Gasteiger partial charge in [-0.1, -0.05) is 48.6 Å². The highest BCUT2D eigenvalue weighted by atomic mass is 32.1. The number of anilines is 1. The molecule has 1 aromatic heterocycles. The standard InChI is InChI=1S/C19H23N3O2S/c1-3-16(23)22-12-8-7-11-15(22)18(24)21-19-20-13(2)17(25-19)14-9-5-4-6-10-14/h4-6,9-10,15H,3,7-8,11-12H2,1-2H3,(H,20,21,24)/t15-/m0/s1. The molecule has 2 aromatic rings. The Hall–Kier alpha value is -2.21. The average Bonchev–Trinajstić information content (AvgIpc) is 3.01. The van der Waals surface area contributed by atoms with E-state index in [9.17, 15) is 9.59 Å². The van der Waals surface area contributed by atoms with Gasteiger partial charge in [0.2, 0.25) is 11.8 Å². The summed E-state index contributed by atoms with van der Waals surface area (Å²) >= 11 is 1.47. The van der Waals surface area contributed by atoms with E-state index in [2.05, 4.69) is 10.3 Å². The Morgan fingerprint density at radius 2 is 2.04 bits per heavy atom. The molecule has 0 unspecified atom stereocenters. The average molecular weight is 357 g/mol. The molecule has 0 radical (unpaired) electrons. The molecule has 0 saturated carbocycles. The monoisotopic (exact) mass is 357 g/mol. The van der Waals surface area contributed by atoms with Crippen molar-refractivity contribution in [1.29, 1.82) is 0 Å². The minimum atomic E-state index is -0.384. The Bertz CT molecular complexity index is 757. The largest absolute Gasteiger partial charge is 0.331 e. The van der Waals surface area contributed by atoms with Crippen LogP contribution < -0.4 is 5.32 Å². The predicted octanol–water partition coefficient (Wildman–Crippen LogP) is 3.85. The van der Waals surface area contributed by atoms with Crippen LogP contribution in [-0.4, -0.2) is 34.3 Å². The fourth-order valence-corrected chi connectivity index (χ4v) is 4.18. The van der Waals surface area contributed by atoms with E-state index in [1.165, 1.54) is 11.3 Å². The molecule has 1 aliphatic heterocycles. The van der Waals surface area contributed by atoms with E-state index in [-0.39, 0.29) is 17.9 Å². The van der Waals surface area contributed by atoms with E-state index in [1.54, 1.807) is 4.90 Å². The molecule has 2 heterocycles. The van der Waals surface area contributed by atoms with E-state index in [1.807, 2.05) is 44.2 Å². The molecule has 1 fully saturated rings. The minimum absolute atomic E-state index is 0.0418. The third-order valence-electron chi connectivity index (χ3n) is 4.49. The van der Waals surface area contributed by atoms with Crippen molar-refractivity contribution in [2.75, 3.05) is 11.9 Å². The number of amides is 2. The zero-order valence-electron chi connectivity index (χ0n) is 14.6. The number of likely N-dealkylation sites (tertiary alicyclic amines) is 1. The molecule has 3 rings (SSSR count). The number of aryl methyl sites for hydroxylation is 1. The van der Waals surface area contributed by atoms with E-state index < -0.39 is 0 Å². The van der Waals surface area contributed by atoms with Crippen molar-refractivity contribution in [3.05, 3.63) is 36.0 Å². The summed E-state index contributed by atoms with van der Waals surface area (Å²) in [4.78, 5) is 32.1. The first-order valence-corrected chi connectivity index (χ1v) is 9.55. The van der Waals surface area contributed by atoms with E-state index in [0.717, 1.165) is 29.0 Å². The molecule has 1 atom stereocenters. The lowest BCUT2D eigenvalue weighted by atomic mass is 10.0.